The first kappa shape index (κ1) is 25.8. The summed E-state index contributed by atoms with van der Waals surface area (Å²) in [6.07, 6.45) is 0. The zero-order valence-corrected chi connectivity index (χ0v) is 23.2. The fourth-order valence-corrected chi connectivity index (χ4v) is 5.77. The standard InChI is InChI=1S/C32H32N6O2/c1-20-19-37(28-23-9-5-6-10-24(23)29(39)34-26-12-8-7-11-25(26)28)15-16-38(20)27-14-13-21(17-22(27)18-33)30-35-31(36-40-30)32(2,3)4/h5-14,17,20,28H,15-16,19H2,1-4H3,(H,34,39). The second kappa shape index (κ2) is 9.92. The molecule has 2 atom stereocenters. The molecule has 2 aliphatic heterocycles. The van der Waals surface area contributed by atoms with Crippen LogP contribution in [0.15, 0.2) is 71.3 Å². The number of aromatic nitrogens is 2. The quantitative estimate of drug-likeness (QED) is 0.358. The number of amides is 1. The van der Waals surface area contributed by atoms with Crippen LogP contribution in [0.2, 0.25) is 0 Å². The highest BCUT2D eigenvalue weighted by molar-refractivity contribution is 6.07. The third-order valence-corrected chi connectivity index (χ3v) is 7.80. The number of benzene rings is 3. The van der Waals surface area contributed by atoms with Crippen molar-refractivity contribution in [3.63, 3.8) is 0 Å². The highest BCUT2D eigenvalue weighted by Crippen LogP contribution is 2.40. The number of fused-ring (bicyclic) bond motifs is 2. The van der Waals surface area contributed by atoms with Crippen LogP contribution < -0.4 is 10.2 Å². The molecule has 0 aliphatic carbocycles. The molecule has 0 saturated carbocycles. The summed E-state index contributed by atoms with van der Waals surface area (Å²) >= 11 is 0. The number of nitriles is 1. The Hall–Kier alpha value is -4.48. The number of rotatable bonds is 3. The van der Waals surface area contributed by atoms with Gasteiger partial charge in [-0.25, -0.2) is 0 Å². The molecule has 4 aromatic rings. The van der Waals surface area contributed by atoms with Crippen LogP contribution >= 0.6 is 0 Å². The maximum absolute atomic E-state index is 13.1. The predicted octanol–water partition coefficient (Wildman–Crippen LogP) is 5.77. The summed E-state index contributed by atoms with van der Waals surface area (Å²) in [5.74, 6) is 0.972. The number of anilines is 2. The van der Waals surface area contributed by atoms with E-state index in [9.17, 15) is 10.1 Å². The zero-order chi connectivity index (χ0) is 28.0. The molecule has 3 heterocycles. The van der Waals surface area contributed by atoms with E-state index in [1.165, 1.54) is 0 Å². The lowest BCUT2D eigenvalue weighted by atomic mass is 9.92. The Morgan fingerprint density at radius 3 is 2.50 bits per heavy atom. The van der Waals surface area contributed by atoms with E-state index >= 15 is 0 Å². The first-order valence-corrected chi connectivity index (χ1v) is 13.6. The molecule has 1 N–H and O–H groups in total. The number of nitrogens with zero attached hydrogens (tertiary/aromatic N) is 5. The average Bonchev–Trinajstić information content (AvgIpc) is 3.41. The van der Waals surface area contributed by atoms with Gasteiger partial charge in [-0.3, -0.25) is 9.69 Å². The maximum atomic E-state index is 13.1. The fraction of sp³-hybridized carbons (Fsp3) is 0.312. The maximum Gasteiger partial charge on any atom is 0.257 e. The number of para-hydroxylation sites is 1. The van der Waals surface area contributed by atoms with Crippen molar-refractivity contribution in [2.45, 2.75) is 45.2 Å². The normalized spacial score (nSPS) is 19.3. The van der Waals surface area contributed by atoms with Gasteiger partial charge >= 0.3 is 0 Å². The lowest BCUT2D eigenvalue weighted by Gasteiger charge is -2.45. The van der Waals surface area contributed by atoms with Crippen molar-refractivity contribution in [3.05, 3.63) is 94.8 Å². The van der Waals surface area contributed by atoms with Crippen LogP contribution in [-0.2, 0) is 5.41 Å². The van der Waals surface area contributed by atoms with Crippen molar-refractivity contribution < 1.29 is 9.32 Å². The number of piperazine rings is 1. The molecule has 8 heteroatoms. The molecule has 0 radical (unpaired) electrons. The number of hydrogen-bond acceptors (Lipinski definition) is 7. The van der Waals surface area contributed by atoms with Crippen molar-refractivity contribution in [2.24, 2.45) is 0 Å². The van der Waals surface area contributed by atoms with Gasteiger partial charge in [-0.2, -0.15) is 10.2 Å². The van der Waals surface area contributed by atoms with E-state index in [4.69, 9.17) is 4.52 Å². The van der Waals surface area contributed by atoms with Gasteiger partial charge in [0.25, 0.3) is 11.8 Å². The Kier molecular flexibility index (Phi) is 6.40. The summed E-state index contributed by atoms with van der Waals surface area (Å²) in [7, 11) is 0. The first-order valence-electron chi connectivity index (χ1n) is 13.6. The van der Waals surface area contributed by atoms with Gasteiger partial charge in [0.1, 0.15) is 6.07 Å². The van der Waals surface area contributed by atoms with Gasteiger partial charge < -0.3 is 14.7 Å². The molecule has 202 valence electrons. The molecule has 1 saturated heterocycles. The van der Waals surface area contributed by atoms with Gasteiger partial charge in [0, 0.05) is 47.9 Å². The molecule has 8 nitrogen and oxygen atoms in total. The lowest BCUT2D eigenvalue weighted by Crippen LogP contribution is -2.53. The van der Waals surface area contributed by atoms with E-state index in [1.807, 2.05) is 75.4 Å². The van der Waals surface area contributed by atoms with E-state index in [2.05, 4.69) is 50.4 Å². The van der Waals surface area contributed by atoms with Gasteiger partial charge in [0.05, 0.1) is 17.3 Å². The van der Waals surface area contributed by atoms with Crippen molar-refractivity contribution in [2.75, 3.05) is 29.9 Å². The van der Waals surface area contributed by atoms with Gasteiger partial charge in [0.2, 0.25) is 0 Å². The van der Waals surface area contributed by atoms with Crippen LogP contribution in [0, 0.1) is 11.3 Å². The third-order valence-electron chi connectivity index (χ3n) is 7.80. The molecule has 40 heavy (non-hydrogen) atoms. The Labute approximate surface area is 234 Å². The second-order valence-electron chi connectivity index (χ2n) is 11.6. The van der Waals surface area contributed by atoms with Gasteiger partial charge in [-0.1, -0.05) is 62.3 Å². The first-order chi connectivity index (χ1) is 19.2. The summed E-state index contributed by atoms with van der Waals surface area (Å²) in [5.41, 5.74) is 5.65. The van der Waals surface area contributed by atoms with Gasteiger partial charge in [-0.05, 0) is 48.4 Å². The van der Waals surface area contributed by atoms with Crippen LogP contribution in [0.4, 0.5) is 11.4 Å². The largest absolute Gasteiger partial charge is 0.365 e. The molecule has 1 aromatic heterocycles. The summed E-state index contributed by atoms with van der Waals surface area (Å²) in [5, 5.41) is 17.3. The van der Waals surface area contributed by atoms with Crippen LogP contribution in [-0.4, -0.2) is 46.6 Å². The van der Waals surface area contributed by atoms with Crippen LogP contribution in [0.25, 0.3) is 11.5 Å². The van der Waals surface area contributed by atoms with Crippen molar-refractivity contribution in [1.29, 1.82) is 5.26 Å². The molecule has 1 amide bonds. The summed E-state index contributed by atoms with van der Waals surface area (Å²) < 4.78 is 5.52. The third kappa shape index (κ3) is 4.52. The monoisotopic (exact) mass is 532 g/mol. The van der Waals surface area contributed by atoms with Crippen molar-refractivity contribution >= 4 is 17.3 Å². The minimum Gasteiger partial charge on any atom is -0.365 e. The highest BCUT2D eigenvalue weighted by atomic mass is 16.5. The van der Waals surface area contributed by atoms with E-state index in [-0.39, 0.29) is 23.4 Å². The van der Waals surface area contributed by atoms with Crippen LogP contribution in [0.3, 0.4) is 0 Å². The molecule has 0 bridgehead atoms. The minimum absolute atomic E-state index is 0.0525. The topological polar surface area (TPSA) is 98.3 Å². The Balaban J connectivity index is 1.29. The summed E-state index contributed by atoms with van der Waals surface area (Å²) in [4.78, 5) is 22.4. The molecule has 2 unspecified atom stereocenters. The zero-order valence-electron chi connectivity index (χ0n) is 23.2. The highest BCUT2D eigenvalue weighted by Gasteiger charge is 2.35. The van der Waals surface area contributed by atoms with E-state index < -0.39 is 0 Å². The number of carbonyl (C=O) groups excluding carboxylic acids is 1. The van der Waals surface area contributed by atoms with Gasteiger partial charge in [-0.15, -0.1) is 0 Å². The summed E-state index contributed by atoms with van der Waals surface area (Å²) in [6.45, 7) is 10.6. The minimum atomic E-state index is -0.226. The molecule has 2 aliphatic rings. The number of carbonyl (C=O) groups is 1. The molecule has 0 spiro atoms. The number of nitrogens with one attached hydrogen (secondary N) is 1. The van der Waals surface area contributed by atoms with E-state index in [1.54, 1.807) is 0 Å². The molecular formula is C32H32N6O2. The Morgan fingerprint density at radius 2 is 1.77 bits per heavy atom. The lowest BCUT2D eigenvalue weighted by molar-refractivity contribution is 0.102. The summed E-state index contributed by atoms with van der Waals surface area (Å²) in [6, 6.07) is 24.2. The van der Waals surface area contributed by atoms with Gasteiger partial charge in [0.15, 0.2) is 5.82 Å². The molecule has 6 rings (SSSR count). The molecule has 3 aromatic carbocycles. The number of hydrogen-bond donors (Lipinski definition) is 1. The fourth-order valence-electron chi connectivity index (χ4n) is 5.77. The van der Waals surface area contributed by atoms with E-state index in [0.29, 0.717) is 22.8 Å². The van der Waals surface area contributed by atoms with E-state index in [0.717, 1.165) is 47.7 Å². The van der Waals surface area contributed by atoms with Crippen LogP contribution in [0.5, 0.6) is 0 Å². The Morgan fingerprint density at radius 1 is 1.02 bits per heavy atom. The van der Waals surface area contributed by atoms with Crippen molar-refractivity contribution in [1.82, 2.24) is 15.0 Å². The average molecular weight is 533 g/mol. The Bertz CT molecular complexity index is 1630. The van der Waals surface area contributed by atoms with Crippen molar-refractivity contribution in [3.8, 4) is 17.5 Å². The van der Waals surface area contributed by atoms with Crippen LogP contribution in [0.1, 0.15) is 66.6 Å². The SMILES string of the molecule is CC1CN(C2c3ccccc3NC(=O)c3ccccc32)CCN1c1ccc(-c2nc(C(C)(C)C)no2)cc1C#N. The smallest absolute Gasteiger partial charge is 0.257 e. The molecule has 1 fully saturated rings. The molecular weight excluding hydrogens is 500 g/mol. The second-order valence-corrected chi connectivity index (χ2v) is 11.6. The predicted molar refractivity (Wildman–Crippen MR) is 154 cm³/mol.